The molecule has 12 aromatic rings. The third-order valence-electron chi connectivity index (χ3n) is 15.4. The van der Waals surface area contributed by atoms with Gasteiger partial charge in [-0.1, -0.05) is 427 Å². The number of hydrogen-bond donors (Lipinski definition) is 0. The highest BCUT2D eigenvalue weighted by molar-refractivity contribution is 5.91. The van der Waals surface area contributed by atoms with Crippen molar-refractivity contribution >= 4 is 5.97 Å². The first kappa shape index (κ1) is 123. The second kappa shape index (κ2) is 78.3. The van der Waals surface area contributed by atoms with Gasteiger partial charge in [-0.05, 0) is 202 Å². The van der Waals surface area contributed by atoms with E-state index in [0.717, 1.165) is 44.9 Å². The molecule has 0 aromatic heterocycles. The van der Waals surface area contributed by atoms with Crippen LogP contribution in [0.1, 0.15) is 266 Å². The number of benzene rings is 12. The van der Waals surface area contributed by atoms with Crippen LogP contribution in [0.3, 0.4) is 0 Å². The van der Waals surface area contributed by atoms with Crippen LogP contribution in [-0.4, -0.2) is 5.97 Å². The van der Waals surface area contributed by atoms with Gasteiger partial charge in [-0.15, -0.1) is 0 Å². The normalized spacial score (nSPS) is 9.07. The molecule has 0 saturated carbocycles. The lowest BCUT2D eigenvalue weighted by Crippen LogP contribution is -2.21. The minimum atomic E-state index is -3.32. The average molecular weight is 1690 g/mol. The topological polar surface area (TPSA) is 63.2 Å². The van der Waals surface area contributed by atoms with Gasteiger partial charge in [-0.3, -0.25) is 0 Å². The lowest BCUT2D eigenvalue weighted by Gasteiger charge is -2.18. The summed E-state index contributed by atoms with van der Waals surface area (Å²) in [6.45, 7) is 73.3. The maximum absolute atomic E-state index is 13.9. The zero-order valence-electron chi connectivity index (χ0n) is 82.6. The molecule has 6 nitrogen and oxygen atoms in total. The molecule has 12 aromatic carbocycles. The van der Waals surface area contributed by atoms with Crippen molar-refractivity contribution in [3.63, 3.8) is 0 Å². The molecule has 12 rings (SSSR count). The van der Waals surface area contributed by atoms with E-state index in [1.165, 1.54) is 104 Å². The minimum absolute atomic E-state index is 0.145. The van der Waals surface area contributed by atoms with Crippen LogP contribution >= 0.6 is 0 Å². The zero-order valence-corrected chi connectivity index (χ0v) is 82.6. The van der Waals surface area contributed by atoms with Crippen LogP contribution in [0, 0.1) is 83.1 Å². The van der Waals surface area contributed by atoms with Crippen molar-refractivity contribution in [3.05, 3.63) is 386 Å². The Balaban J connectivity index is -0.000000318. The summed E-state index contributed by atoms with van der Waals surface area (Å²) in [5, 5.41) is 0. The fourth-order valence-electron chi connectivity index (χ4n) is 9.05. The zero-order chi connectivity index (χ0) is 95.3. The summed E-state index contributed by atoms with van der Waals surface area (Å²) >= 11 is 0. The Kier molecular flexibility index (Phi) is 78.2. The Labute approximate surface area is 748 Å². The largest absolute Gasteiger partial charge is 0.489 e. The van der Waals surface area contributed by atoms with E-state index >= 15 is 0 Å². The van der Waals surface area contributed by atoms with Gasteiger partial charge >= 0.3 is 18.2 Å². The van der Waals surface area contributed by atoms with Crippen molar-refractivity contribution in [1.29, 1.82) is 0 Å². The van der Waals surface area contributed by atoms with Gasteiger partial charge in [0.15, 0.2) is 0 Å². The summed E-state index contributed by atoms with van der Waals surface area (Å²) in [4.78, 5) is 11.8. The van der Waals surface area contributed by atoms with Crippen molar-refractivity contribution in [2.24, 2.45) is 0 Å². The molecule has 0 aliphatic carbocycles. The molecule has 0 aliphatic rings. The van der Waals surface area contributed by atoms with Crippen LogP contribution in [0.15, 0.2) is 291 Å². The second-order valence-corrected chi connectivity index (χ2v) is 24.6. The number of halogens is 4. The van der Waals surface area contributed by atoms with E-state index in [0.29, 0.717) is 24.5 Å². The van der Waals surface area contributed by atoms with Crippen molar-refractivity contribution in [3.8, 4) is 39.9 Å². The molecule has 0 saturated heterocycles. The molecule has 123 heavy (non-hydrogen) atoms. The highest BCUT2D eigenvalue weighted by Crippen LogP contribution is 2.33. The van der Waals surface area contributed by atoms with E-state index in [-0.39, 0.29) is 28.6 Å². The molecule has 0 amide bonds. The first-order chi connectivity index (χ1) is 59.3. The SMILES string of the molecule is CC.CC.CC.CC.CC.CC.CC.CC.CC.CC.CC.CC.Cc1ccc(-c2ccc(C)cc2)cc1.Cc1ccc(COc2ccc(C)cc2)cc1.Cc1ccc(COc2ccc(C)cc2)cc1.Cc1ccc(OC(=O)c2ccc(C)cc2)cc1.Cc1ccc(OC(F)(F)c2ccc(C)cc2)cc1.Cc1ccc(OC(F)(F)c2ccc(C)cc2)cc1. The summed E-state index contributed by atoms with van der Waals surface area (Å²) in [7, 11) is 0. The summed E-state index contributed by atoms with van der Waals surface area (Å²) in [5.74, 6) is 2.41. The van der Waals surface area contributed by atoms with Crippen LogP contribution in [0.5, 0.6) is 28.7 Å². The monoisotopic (exact) mass is 1690 g/mol. The maximum atomic E-state index is 13.9. The number of aryl methyl sites for hydroxylation is 12. The first-order valence-corrected chi connectivity index (χ1v) is 44.7. The fraction of sp³-hybridized carbons (Fsp3) is 0.354. The molecule has 0 N–H and O–H groups in total. The quantitative estimate of drug-likeness (QED) is 0.0579. The predicted octanol–water partition coefficient (Wildman–Crippen LogP) is 36.4. The van der Waals surface area contributed by atoms with Crippen LogP contribution in [0.4, 0.5) is 17.6 Å². The van der Waals surface area contributed by atoms with Gasteiger partial charge in [0.1, 0.15) is 42.0 Å². The van der Waals surface area contributed by atoms with E-state index < -0.39 is 12.2 Å². The summed E-state index contributed by atoms with van der Waals surface area (Å²) in [6, 6.07) is 90.3. The molecule has 0 atom stereocenters. The molecule has 0 heterocycles. The Morgan fingerprint density at radius 2 is 0.374 bits per heavy atom. The standard InChI is InChI=1S/2C15H14F2O.C15H14O2.2C15H16O.C14H14.12C2H6/c2*1-11-3-7-13(8-4-11)15(16,17)18-14-9-5-12(2)6-10-14;1-11-3-7-13(8-4-11)15(16)17-14-9-5-12(2)6-10-14;2*1-12-3-7-14(8-4-12)11-16-15-9-5-13(2)6-10-15;1-11-3-7-13(8-4-11)14-9-5-12(2)6-10-14;12*1-2/h2*3-10H,1-2H3;3-10H,1-2H3;2*3-10H,11H2,1-2H3;3-10H,1-2H3;12*1-2H3. The van der Waals surface area contributed by atoms with Crippen molar-refractivity contribution < 1.29 is 46.0 Å². The van der Waals surface area contributed by atoms with E-state index in [9.17, 15) is 22.4 Å². The number of carbonyl (C=O) groups is 1. The van der Waals surface area contributed by atoms with Gasteiger partial charge in [0.2, 0.25) is 0 Å². The molecule has 0 fully saturated rings. The Hall–Kier alpha value is -11.0. The van der Waals surface area contributed by atoms with E-state index in [4.69, 9.17) is 23.7 Å². The minimum Gasteiger partial charge on any atom is -0.489 e. The van der Waals surface area contributed by atoms with Crippen molar-refractivity contribution in [2.75, 3.05) is 0 Å². The molecule has 0 unspecified atom stereocenters. The molecule has 0 aliphatic heterocycles. The van der Waals surface area contributed by atoms with Crippen LogP contribution in [0.2, 0.25) is 0 Å². The summed E-state index contributed by atoms with van der Waals surface area (Å²) in [5.41, 5.74) is 19.1. The number of rotatable bonds is 15. The van der Waals surface area contributed by atoms with Crippen molar-refractivity contribution in [2.45, 2.75) is 275 Å². The van der Waals surface area contributed by atoms with E-state index in [1.807, 2.05) is 256 Å². The van der Waals surface area contributed by atoms with Crippen LogP contribution in [-0.2, 0) is 25.4 Å². The number of ether oxygens (including phenoxy) is 5. The van der Waals surface area contributed by atoms with Gasteiger partial charge in [0.25, 0.3) is 0 Å². The van der Waals surface area contributed by atoms with Crippen LogP contribution < -0.4 is 23.7 Å². The van der Waals surface area contributed by atoms with E-state index in [1.54, 1.807) is 72.8 Å². The Morgan fingerprint density at radius 3 is 0.585 bits per heavy atom. The lowest BCUT2D eigenvalue weighted by molar-refractivity contribution is -0.186. The number of hydrogen-bond acceptors (Lipinski definition) is 6. The fourth-order valence-corrected chi connectivity index (χ4v) is 9.05. The van der Waals surface area contributed by atoms with Gasteiger partial charge < -0.3 is 23.7 Å². The van der Waals surface area contributed by atoms with Crippen molar-refractivity contribution in [1.82, 2.24) is 0 Å². The molecule has 676 valence electrons. The van der Waals surface area contributed by atoms with Gasteiger partial charge in [-0.2, -0.15) is 17.6 Å². The van der Waals surface area contributed by atoms with Crippen LogP contribution in [0.25, 0.3) is 11.1 Å². The third kappa shape index (κ3) is 56.4. The molecule has 10 heteroatoms. The average Bonchev–Trinajstić information content (AvgIpc) is 0.839. The molecular formula is C113H160F4O6. The maximum Gasteiger partial charge on any atom is 0.426 e. The van der Waals surface area contributed by atoms with Gasteiger partial charge in [-0.25, -0.2) is 4.79 Å². The first-order valence-electron chi connectivity index (χ1n) is 44.7. The number of esters is 1. The molecule has 0 spiro atoms. The van der Waals surface area contributed by atoms with E-state index in [2.05, 4.69) is 163 Å². The smallest absolute Gasteiger partial charge is 0.426 e. The molecular weight excluding hydrogens is 1530 g/mol. The Bertz CT molecular complexity index is 3990. The highest BCUT2D eigenvalue weighted by atomic mass is 19.3. The second-order valence-electron chi connectivity index (χ2n) is 24.6. The molecule has 0 bridgehead atoms. The lowest BCUT2D eigenvalue weighted by atomic mass is 10.0. The third-order valence-corrected chi connectivity index (χ3v) is 15.4. The molecule has 0 radical (unpaired) electrons. The number of alkyl halides is 4. The number of carbonyl (C=O) groups excluding carboxylic acids is 1. The summed E-state index contributed by atoms with van der Waals surface area (Å²) in [6.07, 6.45) is -6.63. The predicted molar refractivity (Wildman–Crippen MR) is 532 cm³/mol. The van der Waals surface area contributed by atoms with Gasteiger partial charge in [0.05, 0.1) is 16.7 Å². The van der Waals surface area contributed by atoms with Gasteiger partial charge in [0, 0.05) is 0 Å². The Morgan fingerprint density at radius 1 is 0.211 bits per heavy atom. The highest BCUT2D eigenvalue weighted by Gasteiger charge is 2.35. The summed E-state index contributed by atoms with van der Waals surface area (Å²) < 4.78 is 81.5.